The summed E-state index contributed by atoms with van der Waals surface area (Å²) in [5, 5.41) is 9.62. The number of carboxylic acids is 1. The van der Waals surface area contributed by atoms with Crippen molar-refractivity contribution in [1.82, 2.24) is 9.55 Å². The second-order valence-corrected chi connectivity index (χ2v) is 5.54. The number of aryl methyl sites for hydroxylation is 2. The molecule has 0 bridgehead atoms. The van der Waals surface area contributed by atoms with E-state index in [0.717, 1.165) is 16.5 Å². The van der Waals surface area contributed by atoms with E-state index < -0.39 is 17.9 Å². The fourth-order valence-electron chi connectivity index (χ4n) is 2.55. The molecule has 0 radical (unpaired) electrons. The minimum atomic E-state index is -0.986. The molecule has 116 valence electrons. The average molecular weight is 319 g/mol. The molecule has 0 aliphatic carbocycles. The maximum Gasteiger partial charge on any atom is 0.303 e. The van der Waals surface area contributed by atoms with E-state index in [-0.39, 0.29) is 12.8 Å². The second-order valence-electron chi connectivity index (χ2n) is 5.15. The van der Waals surface area contributed by atoms with E-state index in [1.807, 2.05) is 25.1 Å². The first-order valence-corrected chi connectivity index (χ1v) is 7.23. The molecule has 1 heterocycles. The van der Waals surface area contributed by atoms with Crippen LogP contribution in [0, 0.1) is 18.5 Å². The molecule has 2 aromatic rings. The third-order valence-corrected chi connectivity index (χ3v) is 3.99. The Balaban J connectivity index is 2.67. The molecule has 6 nitrogen and oxygen atoms in total. The highest BCUT2D eigenvalue weighted by Crippen LogP contribution is 2.24. The van der Waals surface area contributed by atoms with Gasteiger partial charge in [-0.2, -0.15) is 0 Å². The molecule has 0 spiro atoms. The molecular formula is C15H17N3O3S. The summed E-state index contributed by atoms with van der Waals surface area (Å²) in [6.07, 6.45) is -0.0838. The van der Waals surface area contributed by atoms with Crippen LogP contribution in [-0.2, 0) is 9.59 Å². The van der Waals surface area contributed by atoms with Gasteiger partial charge in [0.1, 0.15) is 16.5 Å². The first kappa shape index (κ1) is 16.1. The van der Waals surface area contributed by atoms with E-state index >= 15 is 0 Å². The number of benzene rings is 1. The van der Waals surface area contributed by atoms with Crippen molar-refractivity contribution < 1.29 is 14.7 Å². The van der Waals surface area contributed by atoms with Gasteiger partial charge in [0, 0.05) is 11.8 Å². The van der Waals surface area contributed by atoms with Gasteiger partial charge in [-0.3, -0.25) is 9.59 Å². The second kappa shape index (κ2) is 6.23. The van der Waals surface area contributed by atoms with Crippen molar-refractivity contribution in [3.63, 3.8) is 0 Å². The summed E-state index contributed by atoms with van der Waals surface area (Å²) in [5.74, 6) is -1.06. The summed E-state index contributed by atoms with van der Waals surface area (Å²) in [6.45, 7) is 3.64. The normalized spacial score (nSPS) is 12.3. The highest BCUT2D eigenvalue weighted by atomic mass is 32.1. The molecule has 7 heteroatoms. The molecule has 2 rings (SSSR count). The zero-order valence-corrected chi connectivity index (χ0v) is 13.2. The zero-order chi connectivity index (χ0) is 16.4. The van der Waals surface area contributed by atoms with E-state index in [9.17, 15) is 9.59 Å². The molecule has 0 fully saturated rings. The zero-order valence-electron chi connectivity index (χ0n) is 12.4. The van der Waals surface area contributed by atoms with E-state index in [4.69, 9.17) is 23.1 Å². The lowest BCUT2D eigenvalue weighted by molar-refractivity contribution is -0.137. The number of hydrogen-bond acceptors (Lipinski definition) is 4. The van der Waals surface area contributed by atoms with Crippen LogP contribution in [0.1, 0.15) is 30.3 Å². The molecule has 0 aliphatic heterocycles. The number of amides is 1. The van der Waals surface area contributed by atoms with Gasteiger partial charge in [-0.15, -0.1) is 0 Å². The smallest absolute Gasteiger partial charge is 0.303 e. The first-order valence-electron chi connectivity index (χ1n) is 6.82. The summed E-state index contributed by atoms with van der Waals surface area (Å²) >= 11 is 5.51. The Bertz CT molecular complexity index is 814. The minimum absolute atomic E-state index is 0.0822. The number of nitrogens with two attached hydrogens (primary N) is 1. The van der Waals surface area contributed by atoms with E-state index in [0.29, 0.717) is 10.5 Å². The van der Waals surface area contributed by atoms with Crippen molar-refractivity contribution in [2.75, 3.05) is 0 Å². The molecule has 0 aliphatic rings. The summed E-state index contributed by atoms with van der Waals surface area (Å²) in [7, 11) is 0. The van der Waals surface area contributed by atoms with Crippen LogP contribution in [-0.4, -0.2) is 26.5 Å². The maximum atomic E-state index is 11.8. The maximum absolute atomic E-state index is 11.8. The summed E-state index contributed by atoms with van der Waals surface area (Å²) in [6, 6.07) is 4.83. The molecular weight excluding hydrogens is 302 g/mol. The fourth-order valence-corrected chi connectivity index (χ4v) is 3.07. The van der Waals surface area contributed by atoms with E-state index in [1.165, 1.54) is 0 Å². The summed E-state index contributed by atoms with van der Waals surface area (Å²) in [5.41, 5.74) is 7.15. The molecule has 22 heavy (non-hydrogen) atoms. The van der Waals surface area contributed by atoms with Gasteiger partial charge in [-0.25, -0.2) is 4.98 Å². The van der Waals surface area contributed by atoms with Crippen molar-refractivity contribution in [3.05, 3.63) is 34.2 Å². The molecule has 0 saturated heterocycles. The Kier molecular flexibility index (Phi) is 4.56. The monoisotopic (exact) mass is 319 g/mol. The number of nitrogens with zero attached hydrogens (tertiary/aromatic N) is 2. The number of carbonyl (C=O) groups is 2. The highest BCUT2D eigenvalue weighted by Gasteiger charge is 2.22. The fraction of sp³-hybridized carbons (Fsp3) is 0.333. The SMILES string of the molecule is Cc1cccc2nc(C)n([C@@H](CCC(=O)O)C(N)=O)c(=S)c12. The lowest BCUT2D eigenvalue weighted by Gasteiger charge is -2.20. The molecule has 1 aromatic carbocycles. The van der Waals surface area contributed by atoms with E-state index in [1.54, 1.807) is 11.5 Å². The minimum Gasteiger partial charge on any atom is -0.481 e. The lowest BCUT2D eigenvalue weighted by atomic mass is 10.1. The van der Waals surface area contributed by atoms with E-state index in [2.05, 4.69) is 4.98 Å². The van der Waals surface area contributed by atoms with Crippen LogP contribution < -0.4 is 5.73 Å². The van der Waals surface area contributed by atoms with Gasteiger partial charge in [0.25, 0.3) is 0 Å². The van der Waals surface area contributed by atoms with Crippen molar-refractivity contribution in [2.45, 2.75) is 32.7 Å². The molecule has 0 unspecified atom stereocenters. The Morgan fingerprint density at radius 1 is 1.41 bits per heavy atom. The molecule has 3 N–H and O–H groups in total. The van der Waals surface area contributed by atoms with Crippen molar-refractivity contribution >= 4 is 35.0 Å². The van der Waals surface area contributed by atoms with Gasteiger partial charge in [0.2, 0.25) is 5.91 Å². The predicted octanol–water partition coefficient (Wildman–Crippen LogP) is 2.27. The molecule has 1 amide bonds. The number of aliphatic carboxylic acids is 1. The summed E-state index contributed by atoms with van der Waals surface area (Å²) in [4.78, 5) is 27.0. The van der Waals surface area contributed by atoms with Crippen molar-refractivity contribution in [1.29, 1.82) is 0 Å². The summed E-state index contributed by atoms with van der Waals surface area (Å²) < 4.78 is 2.02. The van der Waals surface area contributed by atoms with Gasteiger partial charge in [-0.05, 0) is 31.9 Å². The lowest BCUT2D eigenvalue weighted by Crippen LogP contribution is -2.29. The first-order chi connectivity index (χ1) is 10.3. The highest BCUT2D eigenvalue weighted by molar-refractivity contribution is 7.71. The Hall–Kier alpha value is -2.28. The van der Waals surface area contributed by atoms with Crippen LogP contribution in [0.4, 0.5) is 0 Å². The van der Waals surface area contributed by atoms with Crippen molar-refractivity contribution in [3.8, 4) is 0 Å². The standard InChI is InChI=1S/C15H17N3O3S/c1-8-4-3-5-10-13(8)15(22)18(9(2)17-10)11(14(16)21)6-7-12(19)20/h3-5,11H,6-7H2,1-2H3,(H2,16,21)(H,19,20)/t11-/m0/s1. The van der Waals surface area contributed by atoms with Gasteiger partial charge in [0.15, 0.2) is 0 Å². The Morgan fingerprint density at radius 3 is 2.68 bits per heavy atom. The molecule has 0 saturated carbocycles. The number of aromatic nitrogens is 2. The number of carboxylic acid groups (broad SMARTS) is 1. The van der Waals surface area contributed by atoms with Gasteiger partial charge >= 0.3 is 5.97 Å². The quantitative estimate of drug-likeness (QED) is 0.824. The van der Waals surface area contributed by atoms with Crippen LogP contribution in [0.25, 0.3) is 10.9 Å². The van der Waals surface area contributed by atoms with Crippen LogP contribution in [0.15, 0.2) is 18.2 Å². The Labute approximate surface area is 132 Å². The third-order valence-electron chi connectivity index (χ3n) is 3.59. The van der Waals surface area contributed by atoms with Crippen LogP contribution in [0.3, 0.4) is 0 Å². The number of hydrogen-bond donors (Lipinski definition) is 2. The molecule has 1 atom stereocenters. The number of carbonyl (C=O) groups excluding carboxylic acids is 1. The van der Waals surface area contributed by atoms with Gasteiger partial charge in [0.05, 0.1) is 5.52 Å². The van der Waals surface area contributed by atoms with Gasteiger partial charge < -0.3 is 15.4 Å². The average Bonchev–Trinajstić information content (AvgIpc) is 2.41. The molecule has 1 aromatic heterocycles. The number of rotatable bonds is 5. The van der Waals surface area contributed by atoms with Crippen LogP contribution >= 0.6 is 12.2 Å². The van der Waals surface area contributed by atoms with Crippen LogP contribution in [0.5, 0.6) is 0 Å². The topological polar surface area (TPSA) is 98.2 Å². The largest absolute Gasteiger partial charge is 0.481 e. The number of fused-ring (bicyclic) bond motifs is 1. The third kappa shape index (κ3) is 2.99. The number of primary amides is 1. The van der Waals surface area contributed by atoms with Gasteiger partial charge in [-0.1, -0.05) is 24.4 Å². The van der Waals surface area contributed by atoms with Crippen LogP contribution in [0.2, 0.25) is 0 Å². The Morgan fingerprint density at radius 2 is 2.09 bits per heavy atom. The van der Waals surface area contributed by atoms with Crippen molar-refractivity contribution in [2.24, 2.45) is 5.73 Å². The predicted molar refractivity (Wildman–Crippen MR) is 85.1 cm³/mol.